The van der Waals surface area contributed by atoms with Crippen LogP contribution in [0, 0.1) is 5.92 Å². The number of amides is 2. The Morgan fingerprint density at radius 3 is 2.40 bits per heavy atom. The first-order valence-electron chi connectivity index (χ1n) is 12.4. The van der Waals surface area contributed by atoms with Crippen LogP contribution in [-0.4, -0.2) is 57.5 Å². The lowest BCUT2D eigenvalue weighted by atomic mass is 10.1. The van der Waals surface area contributed by atoms with E-state index in [1.54, 1.807) is 48.5 Å². The van der Waals surface area contributed by atoms with Crippen LogP contribution < -0.4 is 24.3 Å². The van der Waals surface area contributed by atoms with E-state index in [1.807, 2.05) is 0 Å². The number of alkyl halides is 2. The number of hydrogen-bond donors (Lipinski definition) is 1. The lowest BCUT2D eigenvalue weighted by Gasteiger charge is -2.14. The van der Waals surface area contributed by atoms with E-state index < -0.39 is 12.5 Å². The van der Waals surface area contributed by atoms with Gasteiger partial charge in [-0.2, -0.15) is 13.9 Å². The van der Waals surface area contributed by atoms with Gasteiger partial charge < -0.3 is 24.3 Å². The third kappa shape index (κ3) is 7.46. The highest BCUT2D eigenvalue weighted by atomic mass is 19.3. The summed E-state index contributed by atoms with van der Waals surface area (Å²) in [5, 5.41) is 8.09. The second-order valence-electron chi connectivity index (χ2n) is 9.01. The van der Waals surface area contributed by atoms with E-state index in [2.05, 4.69) is 15.2 Å². The number of hydrogen-bond acceptors (Lipinski definition) is 7. The number of benzene rings is 3. The third-order valence-electron chi connectivity index (χ3n) is 6.07. The molecule has 9 nitrogen and oxygen atoms in total. The quantitative estimate of drug-likeness (QED) is 0.237. The summed E-state index contributed by atoms with van der Waals surface area (Å²) in [6, 6.07) is 15.7. The van der Waals surface area contributed by atoms with Gasteiger partial charge in [-0.05, 0) is 78.9 Å². The lowest BCUT2D eigenvalue weighted by molar-refractivity contribution is -0.0515. The molecular weight excluding hydrogens is 524 g/mol. The maximum absolute atomic E-state index is 12.9. The number of hydrazone groups is 1. The zero-order valence-corrected chi connectivity index (χ0v) is 22.2. The maximum Gasteiger partial charge on any atom is 0.387 e. The number of methoxy groups -OCH3 is 2. The van der Waals surface area contributed by atoms with Crippen molar-refractivity contribution in [2.24, 2.45) is 11.0 Å². The van der Waals surface area contributed by atoms with Gasteiger partial charge in [0.2, 0.25) is 0 Å². The number of nitrogens with one attached hydrogen (secondary N) is 1. The summed E-state index contributed by atoms with van der Waals surface area (Å²) >= 11 is 0. The molecule has 3 aromatic rings. The van der Waals surface area contributed by atoms with Crippen LogP contribution in [0.4, 0.5) is 14.5 Å². The van der Waals surface area contributed by atoms with Crippen LogP contribution >= 0.6 is 0 Å². The van der Waals surface area contributed by atoms with E-state index in [9.17, 15) is 18.4 Å². The zero-order valence-electron chi connectivity index (χ0n) is 22.2. The van der Waals surface area contributed by atoms with Gasteiger partial charge >= 0.3 is 6.61 Å². The van der Waals surface area contributed by atoms with Gasteiger partial charge in [0.05, 0.1) is 32.6 Å². The molecule has 3 aromatic carbocycles. The fourth-order valence-corrected chi connectivity index (χ4v) is 3.68. The number of anilines is 1. The van der Waals surface area contributed by atoms with Crippen LogP contribution in [0.2, 0.25) is 0 Å². The molecule has 40 heavy (non-hydrogen) atoms. The molecule has 0 unspecified atom stereocenters. The summed E-state index contributed by atoms with van der Waals surface area (Å²) in [6.07, 6.45) is 3.51. The summed E-state index contributed by atoms with van der Waals surface area (Å²) in [7, 11) is 4.47. The average molecular weight is 554 g/mol. The Morgan fingerprint density at radius 2 is 1.75 bits per heavy atom. The van der Waals surface area contributed by atoms with Crippen LogP contribution in [0.1, 0.15) is 39.1 Å². The largest absolute Gasteiger partial charge is 0.497 e. The van der Waals surface area contributed by atoms with Crippen molar-refractivity contribution < 1.29 is 37.3 Å². The lowest BCUT2D eigenvalue weighted by Crippen LogP contribution is -2.21. The van der Waals surface area contributed by atoms with Gasteiger partial charge in [-0.15, -0.1) is 0 Å². The number of carbonyl (C=O) groups excluding carboxylic acids is 2. The summed E-state index contributed by atoms with van der Waals surface area (Å²) < 4.78 is 46.2. The molecule has 0 heterocycles. The molecule has 11 heteroatoms. The first-order valence-corrected chi connectivity index (χ1v) is 12.4. The molecule has 0 bridgehead atoms. The number of nitrogens with zero attached hydrogens (tertiary/aromatic N) is 2. The second-order valence-corrected chi connectivity index (χ2v) is 9.01. The molecule has 2 amide bonds. The standard InChI is InChI=1S/C29H29F2N3O6/c1-34(32-16-19-6-13-24(40-29(30)31)26(14-19)39-17-18-4-5-18)28(36)20-7-9-21(10-8-20)33-27(35)23-12-11-22(37-2)15-25(23)38-3/h6-16,18,29H,4-5,17H2,1-3H3,(H,33,35). The van der Waals surface area contributed by atoms with Crippen molar-refractivity contribution >= 4 is 23.7 Å². The smallest absolute Gasteiger partial charge is 0.387 e. The highest BCUT2D eigenvalue weighted by Gasteiger charge is 2.23. The van der Waals surface area contributed by atoms with Gasteiger partial charge in [0.15, 0.2) is 11.5 Å². The fourth-order valence-electron chi connectivity index (χ4n) is 3.68. The number of halogens is 2. The van der Waals surface area contributed by atoms with Crippen LogP contribution in [0.15, 0.2) is 65.8 Å². The predicted octanol–water partition coefficient (Wildman–Crippen LogP) is 5.45. The minimum Gasteiger partial charge on any atom is -0.497 e. The predicted molar refractivity (Wildman–Crippen MR) is 145 cm³/mol. The second kappa shape index (κ2) is 12.9. The molecule has 1 fully saturated rings. The maximum atomic E-state index is 12.9. The first kappa shape index (κ1) is 28.3. The molecule has 0 aliphatic heterocycles. The van der Waals surface area contributed by atoms with E-state index in [1.165, 1.54) is 39.6 Å². The highest BCUT2D eigenvalue weighted by Crippen LogP contribution is 2.34. The highest BCUT2D eigenvalue weighted by molar-refractivity contribution is 6.06. The van der Waals surface area contributed by atoms with E-state index in [0.717, 1.165) is 17.9 Å². The topological polar surface area (TPSA) is 98.7 Å². The number of carbonyl (C=O) groups is 2. The Hall–Kier alpha value is -4.67. The van der Waals surface area contributed by atoms with Gasteiger partial charge in [0, 0.05) is 24.4 Å². The van der Waals surface area contributed by atoms with E-state index >= 15 is 0 Å². The Bertz CT molecular complexity index is 1380. The summed E-state index contributed by atoms with van der Waals surface area (Å²) in [5.41, 5.74) is 1.69. The zero-order chi connectivity index (χ0) is 28.6. The Morgan fingerprint density at radius 1 is 1.00 bits per heavy atom. The molecular formula is C29H29F2N3O6. The molecule has 210 valence electrons. The van der Waals surface area contributed by atoms with Gasteiger partial charge in [0.25, 0.3) is 11.8 Å². The molecule has 0 radical (unpaired) electrons. The Balaban J connectivity index is 1.39. The van der Waals surface area contributed by atoms with Crippen molar-refractivity contribution in [1.82, 2.24) is 5.01 Å². The van der Waals surface area contributed by atoms with Gasteiger partial charge in [0.1, 0.15) is 11.5 Å². The van der Waals surface area contributed by atoms with Crippen LogP contribution in [0.3, 0.4) is 0 Å². The molecule has 1 saturated carbocycles. The Kier molecular flexibility index (Phi) is 9.15. The minimum absolute atomic E-state index is 0.0603. The van der Waals surface area contributed by atoms with Crippen molar-refractivity contribution in [3.63, 3.8) is 0 Å². The number of ether oxygens (including phenoxy) is 4. The monoisotopic (exact) mass is 553 g/mol. The van der Waals surface area contributed by atoms with Crippen molar-refractivity contribution in [2.75, 3.05) is 33.2 Å². The van der Waals surface area contributed by atoms with Crippen LogP contribution in [0.25, 0.3) is 0 Å². The van der Waals surface area contributed by atoms with Crippen molar-refractivity contribution in [2.45, 2.75) is 19.5 Å². The van der Waals surface area contributed by atoms with Crippen molar-refractivity contribution in [3.8, 4) is 23.0 Å². The van der Waals surface area contributed by atoms with E-state index in [0.29, 0.717) is 46.4 Å². The molecule has 0 aromatic heterocycles. The molecule has 1 N–H and O–H groups in total. The van der Waals surface area contributed by atoms with Gasteiger partial charge in [-0.3, -0.25) is 9.59 Å². The summed E-state index contributed by atoms with van der Waals surface area (Å²) in [6.45, 7) is -2.56. The molecule has 1 aliphatic carbocycles. The molecule has 0 atom stereocenters. The number of rotatable bonds is 12. The minimum atomic E-state index is -2.98. The van der Waals surface area contributed by atoms with Crippen LogP contribution in [-0.2, 0) is 0 Å². The van der Waals surface area contributed by atoms with Crippen molar-refractivity contribution in [1.29, 1.82) is 0 Å². The van der Waals surface area contributed by atoms with Gasteiger partial charge in [-0.25, -0.2) is 5.01 Å². The molecule has 0 saturated heterocycles. The molecule has 1 aliphatic rings. The normalized spacial score (nSPS) is 12.8. The first-order chi connectivity index (χ1) is 19.3. The fraction of sp³-hybridized carbons (Fsp3) is 0.276. The summed E-state index contributed by atoms with van der Waals surface area (Å²) in [5.74, 6) is 0.693. The Labute approximate surface area is 230 Å². The van der Waals surface area contributed by atoms with Crippen LogP contribution in [0.5, 0.6) is 23.0 Å². The molecule has 4 rings (SSSR count). The SMILES string of the molecule is COc1ccc(C(=O)Nc2ccc(C(=O)N(C)N=Cc3ccc(OC(F)F)c(OCC4CC4)c3)cc2)c(OC)c1. The van der Waals surface area contributed by atoms with E-state index in [4.69, 9.17) is 14.2 Å². The molecule has 0 spiro atoms. The van der Waals surface area contributed by atoms with Crippen molar-refractivity contribution in [3.05, 3.63) is 77.4 Å². The average Bonchev–Trinajstić information content (AvgIpc) is 3.79. The van der Waals surface area contributed by atoms with E-state index in [-0.39, 0.29) is 17.4 Å². The van der Waals surface area contributed by atoms with Gasteiger partial charge in [-0.1, -0.05) is 0 Å². The summed E-state index contributed by atoms with van der Waals surface area (Å²) in [4.78, 5) is 25.6. The third-order valence-corrected chi connectivity index (χ3v) is 6.07.